The van der Waals surface area contributed by atoms with Crippen LogP contribution in [0.25, 0.3) is 0 Å². The molecule has 0 aliphatic rings. The molecule has 1 heterocycles. The van der Waals surface area contributed by atoms with E-state index in [1.54, 1.807) is 31.2 Å². The van der Waals surface area contributed by atoms with Crippen LogP contribution in [0.2, 0.25) is 0 Å². The van der Waals surface area contributed by atoms with E-state index in [1.165, 1.54) is 18.4 Å². The standard InChI is InChI=1S/C19H26FN3O3.HI/c1-3-21-18(23-14-19(2,24)17-6-4-12-26-17)22-11-5-13-25-16-9-7-15(20)8-10-16;/h4,6-10,12,24H,3,5,11,13-14H2,1-2H3,(H2,21,22,23);1H. The summed E-state index contributed by atoms with van der Waals surface area (Å²) in [7, 11) is 0. The van der Waals surface area contributed by atoms with Crippen LogP contribution in [0.4, 0.5) is 4.39 Å². The van der Waals surface area contributed by atoms with Gasteiger partial charge in [0.05, 0.1) is 19.4 Å². The molecule has 0 fully saturated rings. The van der Waals surface area contributed by atoms with Crippen LogP contribution in [0.5, 0.6) is 5.75 Å². The lowest BCUT2D eigenvalue weighted by Crippen LogP contribution is -2.39. The third-order valence-electron chi connectivity index (χ3n) is 3.64. The SMILES string of the molecule is CCNC(=NCC(C)(O)c1ccco1)NCCCOc1ccc(F)cc1.I. The molecular formula is C19H27FIN3O3. The van der Waals surface area contributed by atoms with Gasteiger partial charge < -0.3 is 24.9 Å². The van der Waals surface area contributed by atoms with E-state index in [-0.39, 0.29) is 36.3 Å². The molecule has 1 aromatic carbocycles. The first-order valence-corrected chi connectivity index (χ1v) is 8.68. The Morgan fingerprint density at radius 1 is 1.26 bits per heavy atom. The van der Waals surface area contributed by atoms with Crippen LogP contribution in [-0.4, -0.2) is 37.3 Å². The number of nitrogens with zero attached hydrogens (tertiary/aromatic N) is 1. The minimum Gasteiger partial charge on any atom is -0.494 e. The molecule has 1 aromatic heterocycles. The number of nitrogens with one attached hydrogen (secondary N) is 2. The molecule has 3 N–H and O–H groups in total. The van der Waals surface area contributed by atoms with E-state index in [2.05, 4.69) is 15.6 Å². The average Bonchev–Trinajstić information content (AvgIpc) is 3.16. The van der Waals surface area contributed by atoms with Gasteiger partial charge in [-0.3, -0.25) is 0 Å². The van der Waals surface area contributed by atoms with Gasteiger partial charge in [0.1, 0.15) is 22.9 Å². The van der Waals surface area contributed by atoms with E-state index in [0.29, 0.717) is 37.2 Å². The minimum atomic E-state index is -1.17. The van der Waals surface area contributed by atoms with Gasteiger partial charge in [-0.2, -0.15) is 0 Å². The highest BCUT2D eigenvalue weighted by molar-refractivity contribution is 14.0. The highest BCUT2D eigenvalue weighted by atomic mass is 127. The first kappa shape index (κ1) is 23.2. The van der Waals surface area contributed by atoms with Crippen LogP contribution in [0, 0.1) is 5.82 Å². The lowest BCUT2D eigenvalue weighted by molar-refractivity contribution is 0.0437. The smallest absolute Gasteiger partial charge is 0.191 e. The van der Waals surface area contributed by atoms with E-state index >= 15 is 0 Å². The van der Waals surface area contributed by atoms with Crippen molar-refractivity contribution in [2.45, 2.75) is 25.9 Å². The summed E-state index contributed by atoms with van der Waals surface area (Å²) in [5.74, 6) is 1.45. The molecule has 1 unspecified atom stereocenters. The van der Waals surface area contributed by atoms with E-state index in [1.807, 2.05) is 6.92 Å². The number of aliphatic hydroxyl groups is 1. The zero-order valence-corrected chi connectivity index (χ0v) is 17.9. The number of rotatable bonds is 9. The molecule has 6 nitrogen and oxygen atoms in total. The summed E-state index contributed by atoms with van der Waals surface area (Å²) in [4.78, 5) is 4.41. The summed E-state index contributed by atoms with van der Waals surface area (Å²) in [6.45, 7) is 5.66. The molecular weight excluding hydrogens is 464 g/mol. The summed E-state index contributed by atoms with van der Waals surface area (Å²) >= 11 is 0. The maximum Gasteiger partial charge on any atom is 0.191 e. The van der Waals surface area contributed by atoms with Crippen LogP contribution >= 0.6 is 24.0 Å². The van der Waals surface area contributed by atoms with Crippen molar-refractivity contribution in [1.82, 2.24) is 10.6 Å². The van der Waals surface area contributed by atoms with Crippen molar-refractivity contribution in [2.75, 3.05) is 26.2 Å². The minimum absolute atomic E-state index is 0. The molecule has 2 rings (SSSR count). The van der Waals surface area contributed by atoms with E-state index < -0.39 is 5.60 Å². The van der Waals surface area contributed by atoms with Crippen LogP contribution in [0.15, 0.2) is 52.1 Å². The number of benzene rings is 1. The first-order valence-electron chi connectivity index (χ1n) is 8.68. The fraction of sp³-hybridized carbons (Fsp3) is 0.421. The van der Waals surface area contributed by atoms with Gasteiger partial charge in [0.25, 0.3) is 0 Å². The van der Waals surface area contributed by atoms with Gasteiger partial charge in [0, 0.05) is 13.1 Å². The molecule has 0 amide bonds. The summed E-state index contributed by atoms with van der Waals surface area (Å²) < 4.78 is 23.6. The maximum atomic E-state index is 12.8. The average molecular weight is 491 g/mol. The van der Waals surface area contributed by atoms with Gasteiger partial charge in [-0.15, -0.1) is 24.0 Å². The quantitative estimate of drug-likeness (QED) is 0.217. The Kier molecular flexibility index (Phi) is 10.2. The van der Waals surface area contributed by atoms with Crippen LogP contribution in [0.1, 0.15) is 26.0 Å². The molecule has 0 saturated carbocycles. The van der Waals surface area contributed by atoms with Crippen molar-refractivity contribution in [3.8, 4) is 5.75 Å². The molecule has 0 radical (unpaired) electrons. The third kappa shape index (κ3) is 8.17. The topological polar surface area (TPSA) is 79.0 Å². The van der Waals surface area contributed by atoms with E-state index in [0.717, 1.165) is 6.42 Å². The number of halogens is 2. The van der Waals surface area contributed by atoms with Gasteiger partial charge in [-0.25, -0.2) is 9.38 Å². The Morgan fingerprint density at radius 2 is 2.00 bits per heavy atom. The summed E-state index contributed by atoms with van der Waals surface area (Å²) in [6, 6.07) is 9.40. The monoisotopic (exact) mass is 491 g/mol. The van der Waals surface area contributed by atoms with Crippen LogP contribution in [0.3, 0.4) is 0 Å². The highest BCUT2D eigenvalue weighted by Gasteiger charge is 2.25. The van der Waals surface area contributed by atoms with Gasteiger partial charge in [-0.05, 0) is 56.7 Å². The third-order valence-corrected chi connectivity index (χ3v) is 3.64. The van der Waals surface area contributed by atoms with Gasteiger partial charge in [0.15, 0.2) is 5.96 Å². The Labute approximate surface area is 176 Å². The number of ether oxygens (including phenoxy) is 1. The predicted molar refractivity (Wildman–Crippen MR) is 114 cm³/mol. The Morgan fingerprint density at radius 3 is 2.63 bits per heavy atom. The van der Waals surface area contributed by atoms with Crippen molar-refractivity contribution >= 4 is 29.9 Å². The summed E-state index contributed by atoms with van der Waals surface area (Å²) in [5, 5.41) is 16.8. The zero-order chi connectivity index (χ0) is 18.8. The van der Waals surface area contributed by atoms with Gasteiger partial charge >= 0.3 is 0 Å². The first-order chi connectivity index (χ1) is 12.5. The highest BCUT2D eigenvalue weighted by Crippen LogP contribution is 2.21. The lowest BCUT2D eigenvalue weighted by Gasteiger charge is -2.19. The second kappa shape index (κ2) is 11.8. The molecule has 0 aliphatic carbocycles. The van der Waals surface area contributed by atoms with Gasteiger partial charge in [-0.1, -0.05) is 0 Å². The second-order valence-electron chi connectivity index (χ2n) is 6.03. The molecule has 0 aliphatic heterocycles. The van der Waals surface area contributed by atoms with Crippen molar-refractivity contribution in [3.05, 3.63) is 54.2 Å². The van der Waals surface area contributed by atoms with Crippen molar-refractivity contribution in [2.24, 2.45) is 4.99 Å². The number of hydrogen-bond donors (Lipinski definition) is 3. The summed E-state index contributed by atoms with van der Waals surface area (Å²) in [5.41, 5.74) is -1.17. The fourth-order valence-corrected chi connectivity index (χ4v) is 2.24. The van der Waals surface area contributed by atoms with Crippen molar-refractivity contribution in [1.29, 1.82) is 0 Å². The largest absolute Gasteiger partial charge is 0.494 e. The zero-order valence-electron chi connectivity index (χ0n) is 15.6. The molecule has 0 spiro atoms. The van der Waals surface area contributed by atoms with Gasteiger partial charge in [0.2, 0.25) is 0 Å². The predicted octanol–water partition coefficient (Wildman–Crippen LogP) is 3.27. The number of aliphatic imine (C=N–C) groups is 1. The van der Waals surface area contributed by atoms with Crippen LogP contribution < -0.4 is 15.4 Å². The maximum absolute atomic E-state index is 12.8. The molecule has 1 atom stereocenters. The van der Waals surface area contributed by atoms with Crippen molar-refractivity contribution < 1.29 is 18.7 Å². The fourth-order valence-electron chi connectivity index (χ4n) is 2.24. The second-order valence-corrected chi connectivity index (χ2v) is 6.03. The van der Waals surface area contributed by atoms with E-state index in [9.17, 15) is 9.50 Å². The molecule has 8 heteroatoms. The van der Waals surface area contributed by atoms with E-state index in [4.69, 9.17) is 9.15 Å². The number of furan rings is 1. The molecule has 0 saturated heterocycles. The Balaban J connectivity index is 0.00000364. The molecule has 0 bridgehead atoms. The number of hydrogen-bond acceptors (Lipinski definition) is 4. The lowest BCUT2D eigenvalue weighted by atomic mass is 10.0. The van der Waals surface area contributed by atoms with Crippen molar-refractivity contribution in [3.63, 3.8) is 0 Å². The molecule has 150 valence electrons. The number of guanidine groups is 1. The molecule has 27 heavy (non-hydrogen) atoms. The summed E-state index contributed by atoms with van der Waals surface area (Å²) in [6.07, 6.45) is 2.27. The van der Waals surface area contributed by atoms with Crippen LogP contribution in [-0.2, 0) is 5.60 Å². The molecule has 2 aromatic rings. The Hall–Kier alpha value is -1.81. The normalized spacial score (nSPS) is 13.4. The Bertz CT molecular complexity index is 676.